The lowest BCUT2D eigenvalue weighted by Gasteiger charge is -2.02. The molecular formula is C38H26BCl2IN2O6. The molecule has 0 saturated heterocycles. The largest absolute Gasteiger partial charge is 0.508 e. The third-order valence-electron chi connectivity index (χ3n) is 7.31. The molecule has 4 N–H and O–H groups in total. The van der Waals surface area contributed by atoms with Gasteiger partial charge in [0.05, 0.1) is 0 Å². The standard InChI is InChI=1S/C19H12ClNO2.C13H8INO2.C6H6BClO2/c20-15-7-5-13(6-8-15)12-1-3-14(4-2-12)19-21-17-10-9-16(22)11-18(17)23-19;14-9-3-1-8(2-4-9)13-15-11-6-5-10(16)7-12(11)17-13;8-6-3-1-5(2-4-6)7(9)10/h1-11,22H;1-7,16H;1-4,9-10H. The van der Waals surface area contributed by atoms with Crippen LogP contribution in [-0.4, -0.2) is 37.3 Å². The van der Waals surface area contributed by atoms with Crippen LogP contribution in [0.25, 0.3) is 56.2 Å². The molecule has 6 aromatic carbocycles. The minimum absolute atomic E-state index is 0.165. The van der Waals surface area contributed by atoms with E-state index in [9.17, 15) is 10.2 Å². The molecule has 0 spiro atoms. The highest BCUT2D eigenvalue weighted by atomic mass is 127. The maximum absolute atomic E-state index is 9.49. The lowest BCUT2D eigenvalue weighted by atomic mass is 9.81. The summed E-state index contributed by atoms with van der Waals surface area (Å²) in [5, 5.41) is 37.4. The van der Waals surface area contributed by atoms with E-state index < -0.39 is 7.12 Å². The van der Waals surface area contributed by atoms with Crippen molar-refractivity contribution in [1.82, 2.24) is 9.97 Å². The molecule has 0 aliphatic rings. The number of phenols is 2. The SMILES string of the molecule is OB(O)c1ccc(Cl)cc1.Oc1ccc2nc(-c3ccc(-c4ccc(Cl)cc4)cc3)oc2c1.Oc1ccc2nc(-c3ccc(I)cc3)oc2c1. The van der Waals surface area contributed by atoms with Crippen molar-refractivity contribution >= 4 is 80.6 Å². The quantitative estimate of drug-likeness (QED) is 0.102. The van der Waals surface area contributed by atoms with Gasteiger partial charge in [0.15, 0.2) is 11.2 Å². The summed E-state index contributed by atoms with van der Waals surface area (Å²) in [4.78, 5) is 8.82. The van der Waals surface area contributed by atoms with E-state index >= 15 is 0 Å². The van der Waals surface area contributed by atoms with E-state index in [0.717, 1.165) is 38.3 Å². The molecule has 0 radical (unpaired) electrons. The van der Waals surface area contributed by atoms with E-state index in [-0.39, 0.29) is 11.5 Å². The molecule has 0 unspecified atom stereocenters. The first-order valence-corrected chi connectivity index (χ1v) is 16.9. The zero-order valence-electron chi connectivity index (χ0n) is 25.9. The van der Waals surface area contributed by atoms with Gasteiger partial charge in [-0.25, -0.2) is 9.97 Å². The summed E-state index contributed by atoms with van der Waals surface area (Å²) >= 11 is 13.7. The minimum atomic E-state index is -1.41. The number of fused-ring (bicyclic) bond motifs is 2. The van der Waals surface area contributed by atoms with Crippen LogP contribution in [0, 0.1) is 3.57 Å². The Labute approximate surface area is 310 Å². The van der Waals surface area contributed by atoms with E-state index in [1.807, 2.05) is 72.8 Å². The molecule has 0 aliphatic heterocycles. The summed E-state index contributed by atoms with van der Waals surface area (Å²) in [6, 6.07) is 39.8. The van der Waals surface area contributed by atoms with Gasteiger partial charge in [0.1, 0.15) is 22.5 Å². The van der Waals surface area contributed by atoms with Gasteiger partial charge in [-0.1, -0.05) is 59.6 Å². The Hall–Kier alpha value is -4.85. The first-order valence-electron chi connectivity index (χ1n) is 15.0. The Morgan fingerprint density at radius 2 is 0.880 bits per heavy atom. The van der Waals surface area contributed by atoms with Crippen molar-refractivity contribution in [2.75, 3.05) is 0 Å². The fraction of sp³-hybridized carbons (Fsp3) is 0. The van der Waals surface area contributed by atoms with Crippen LogP contribution >= 0.6 is 45.8 Å². The smallest absolute Gasteiger partial charge is 0.488 e. The number of halogens is 3. The zero-order valence-corrected chi connectivity index (χ0v) is 29.6. The summed E-state index contributed by atoms with van der Waals surface area (Å²) in [6.45, 7) is 0. The Kier molecular flexibility index (Phi) is 11.1. The summed E-state index contributed by atoms with van der Waals surface area (Å²) in [5.41, 5.74) is 7.10. The molecule has 0 atom stereocenters. The molecule has 0 amide bonds. The number of phenolic OH excluding ortho intramolecular Hbond substituents is 2. The maximum Gasteiger partial charge on any atom is 0.488 e. The van der Waals surface area contributed by atoms with Crippen molar-refractivity contribution in [1.29, 1.82) is 0 Å². The molecule has 50 heavy (non-hydrogen) atoms. The molecule has 8 aromatic rings. The molecule has 0 aliphatic carbocycles. The minimum Gasteiger partial charge on any atom is -0.508 e. The third-order valence-corrected chi connectivity index (χ3v) is 8.54. The lowest BCUT2D eigenvalue weighted by Crippen LogP contribution is -2.29. The zero-order chi connectivity index (χ0) is 35.2. The fourth-order valence-corrected chi connectivity index (χ4v) is 5.36. The second-order valence-corrected chi connectivity index (χ2v) is 13.0. The van der Waals surface area contributed by atoms with Gasteiger partial charge in [0, 0.05) is 36.9 Å². The predicted molar refractivity (Wildman–Crippen MR) is 207 cm³/mol. The van der Waals surface area contributed by atoms with Crippen molar-refractivity contribution in [2.45, 2.75) is 0 Å². The van der Waals surface area contributed by atoms with E-state index in [4.69, 9.17) is 42.1 Å². The van der Waals surface area contributed by atoms with Crippen molar-refractivity contribution in [3.8, 4) is 45.5 Å². The molecule has 8 rings (SSSR count). The van der Waals surface area contributed by atoms with Gasteiger partial charge in [-0.2, -0.15) is 0 Å². The maximum atomic E-state index is 9.49. The van der Waals surface area contributed by atoms with Gasteiger partial charge in [-0.15, -0.1) is 0 Å². The molecular weight excluding hydrogens is 789 g/mol. The molecule has 0 saturated carbocycles. The van der Waals surface area contributed by atoms with Crippen LogP contribution < -0.4 is 5.46 Å². The van der Waals surface area contributed by atoms with E-state index in [0.29, 0.717) is 33.4 Å². The van der Waals surface area contributed by atoms with Crippen LogP contribution in [0.1, 0.15) is 0 Å². The lowest BCUT2D eigenvalue weighted by molar-refractivity contribution is 0.425. The van der Waals surface area contributed by atoms with Crippen molar-refractivity contribution in [3.05, 3.63) is 147 Å². The molecule has 0 fully saturated rings. The second kappa shape index (κ2) is 15.8. The van der Waals surface area contributed by atoms with E-state index in [1.54, 1.807) is 60.7 Å². The number of nitrogens with zero attached hydrogens (tertiary/aromatic N) is 2. The van der Waals surface area contributed by atoms with Gasteiger partial charge < -0.3 is 29.1 Å². The Morgan fingerprint density at radius 1 is 0.500 bits per heavy atom. The fourth-order valence-electron chi connectivity index (χ4n) is 4.75. The average molecular weight is 815 g/mol. The van der Waals surface area contributed by atoms with Crippen LogP contribution in [0.15, 0.2) is 142 Å². The molecule has 2 heterocycles. The normalized spacial score (nSPS) is 10.7. The summed E-state index contributed by atoms with van der Waals surface area (Å²) < 4.78 is 12.5. The number of oxazole rings is 2. The molecule has 2 aromatic heterocycles. The van der Waals surface area contributed by atoms with E-state index in [2.05, 4.69) is 32.6 Å². The third kappa shape index (κ3) is 8.84. The second-order valence-electron chi connectivity index (χ2n) is 10.9. The molecule has 248 valence electrons. The number of aromatic hydroxyl groups is 2. The van der Waals surface area contributed by atoms with Crippen LogP contribution in [0.2, 0.25) is 10.0 Å². The van der Waals surface area contributed by atoms with Gasteiger partial charge in [0.25, 0.3) is 0 Å². The average Bonchev–Trinajstić information content (AvgIpc) is 3.74. The number of benzene rings is 6. The summed E-state index contributed by atoms with van der Waals surface area (Å²) in [7, 11) is -1.41. The highest BCUT2D eigenvalue weighted by Crippen LogP contribution is 2.30. The van der Waals surface area contributed by atoms with E-state index in [1.165, 1.54) is 3.57 Å². The van der Waals surface area contributed by atoms with Gasteiger partial charge in [-0.05, 0) is 124 Å². The van der Waals surface area contributed by atoms with Gasteiger partial charge in [-0.3, -0.25) is 0 Å². The van der Waals surface area contributed by atoms with Crippen molar-refractivity contribution in [2.24, 2.45) is 0 Å². The number of hydrogen-bond acceptors (Lipinski definition) is 8. The highest BCUT2D eigenvalue weighted by Gasteiger charge is 2.11. The van der Waals surface area contributed by atoms with Gasteiger partial charge >= 0.3 is 7.12 Å². The Balaban J connectivity index is 0.000000141. The van der Waals surface area contributed by atoms with Crippen molar-refractivity contribution in [3.63, 3.8) is 0 Å². The first kappa shape index (κ1) is 35.0. The molecule has 12 heteroatoms. The van der Waals surface area contributed by atoms with Crippen LogP contribution in [0.5, 0.6) is 11.5 Å². The first-order chi connectivity index (χ1) is 24.1. The number of aromatic nitrogens is 2. The number of hydrogen-bond donors (Lipinski definition) is 4. The van der Waals surface area contributed by atoms with Crippen molar-refractivity contribution < 1.29 is 29.1 Å². The topological polar surface area (TPSA) is 133 Å². The summed E-state index contributed by atoms with van der Waals surface area (Å²) in [5.74, 6) is 1.45. The Morgan fingerprint density at radius 3 is 1.32 bits per heavy atom. The van der Waals surface area contributed by atoms with Crippen LogP contribution in [0.3, 0.4) is 0 Å². The van der Waals surface area contributed by atoms with Crippen LogP contribution in [0.4, 0.5) is 0 Å². The molecule has 8 nitrogen and oxygen atoms in total. The highest BCUT2D eigenvalue weighted by molar-refractivity contribution is 14.1. The Bertz CT molecular complexity index is 2350. The monoisotopic (exact) mass is 814 g/mol. The predicted octanol–water partition coefficient (Wildman–Crippen LogP) is 9.35. The molecule has 0 bridgehead atoms. The van der Waals surface area contributed by atoms with Crippen LogP contribution in [-0.2, 0) is 0 Å². The van der Waals surface area contributed by atoms with Gasteiger partial charge in [0.2, 0.25) is 11.8 Å². The number of rotatable bonds is 4. The summed E-state index contributed by atoms with van der Waals surface area (Å²) in [6.07, 6.45) is 0.